The van der Waals surface area contributed by atoms with E-state index in [0.29, 0.717) is 5.56 Å². The number of nitrogens with zero attached hydrogens (tertiary/aromatic N) is 2. The number of anilines is 1. The number of carbonyl (C=O) groups is 1. The standard InChI is InChI=1S/C29H29FN2O.ClH/c1-31(29(33)24-8-6-22(7-9-24)23-10-13-27(30)14-11-23)28-15-12-25-18-21(4-5-26(25)19-28)20-32-16-2-3-17-32;/h6-15,18-19H,2-5,16-17,20H2,1H3;1H. The second-order valence-corrected chi connectivity index (χ2v) is 9.12. The lowest BCUT2D eigenvalue weighted by molar-refractivity contribution is 0.0993. The van der Waals surface area contributed by atoms with Gasteiger partial charge in [-0.2, -0.15) is 0 Å². The molecule has 1 aliphatic heterocycles. The largest absolute Gasteiger partial charge is 0.311 e. The van der Waals surface area contributed by atoms with Crippen LogP contribution in [0.25, 0.3) is 17.2 Å². The molecule has 0 atom stereocenters. The lowest BCUT2D eigenvalue weighted by atomic mass is 9.91. The van der Waals surface area contributed by atoms with Crippen molar-refractivity contribution in [1.29, 1.82) is 0 Å². The first-order valence-corrected chi connectivity index (χ1v) is 11.8. The molecule has 3 aromatic rings. The molecule has 5 rings (SSSR count). The van der Waals surface area contributed by atoms with Gasteiger partial charge in [-0.3, -0.25) is 9.69 Å². The quantitative estimate of drug-likeness (QED) is 0.413. The van der Waals surface area contributed by atoms with E-state index in [0.717, 1.165) is 36.2 Å². The van der Waals surface area contributed by atoms with Crippen molar-refractivity contribution in [2.24, 2.45) is 0 Å². The fourth-order valence-corrected chi connectivity index (χ4v) is 4.86. The molecule has 1 fully saturated rings. The predicted molar refractivity (Wildman–Crippen MR) is 140 cm³/mol. The summed E-state index contributed by atoms with van der Waals surface area (Å²) >= 11 is 0. The van der Waals surface area contributed by atoms with Gasteiger partial charge < -0.3 is 4.90 Å². The summed E-state index contributed by atoms with van der Waals surface area (Å²) in [7, 11) is 1.83. The van der Waals surface area contributed by atoms with Gasteiger partial charge in [0.15, 0.2) is 0 Å². The number of fused-ring (bicyclic) bond motifs is 1. The number of halogens is 2. The van der Waals surface area contributed by atoms with Crippen LogP contribution in [-0.2, 0) is 6.42 Å². The van der Waals surface area contributed by atoms with Crippen LogP contribution in [0, 0.1) is 5.82 Å². The number of amides is 1. The molecular weight excluding hydrogens is 447 g/mol. The van der Waals surface area contributed by atoms with Crippen LogP contribution in [-0.4, -0.2) is 37.5 Å². The normalized spacial score (nSPS) is 15.3. The zero-order valence-corrected chi connectivity index (χ0v) is 20.3. The molecule has 1 amide bonds. The molecule has 3 nitrogen and oxygen atoms in total. The van der Waals surface area contributed by atoms with Crippen molar-refractivity contribution in [2.75, 3.05) is 31.6 Å². The minimum absolute atomic E-state index is 0. The number of hydrogen-bond donors (Lipinski definition) is 0. The lowest BCUT2D eigenvalue weighted by Crippen LogP contribution is -2.26. The van der Waals surface area contributed by atoms with Crippen molar-refractivity contribution in [3.8, 4) is 11.1 Å². The van der Waals surface area contributed by atoms with Crippen LogP contribution in [0.4, 0.5) is 10.1 Å². The van der Waals surface area contributed by atoms with E-state index in [9.17, 15) is 9.18 Å². The molecule has 0 bridgehead atoms. The van der Waals surface area contributed by atoms with E-state index in [1.165, 1.54) is 54.8 Å². The highest BCUT2D eigenvalue weighted by molar-refractivity contribution is 6.06. The summed E-state index contributed by atoms with van der Waals surface area (Å²) in [5, 5.41) is 0. The molecule has 34 heavy (non-hydrogen) atoms. The molecule has 1 heterocycles. The summed E-state index contributed by atoms with van der Waals surface area (Å²) < 4.78 is 13.2. The van der Waals surface area contributed by atoms with E-state index in [2.05, 4.69) is 23.1 Å². The van der Waals surface area contributed by atoms with E-state index in [4.69, 9.17) is 0 Å². The van der Waals surface area contributed by atoms with Gasteiger partial charge in [0.25, 0.3) is 5.91 Å². The third kappa shape index (κ3) is 5.24. The Bertz CT molecular complexity index is 1180. The second-order valence-electron chi connectivity index (χ2n) is 9.12. The second kappa shape index (κ2) is 10.5. The van der Waals surface area contributed by atoms with E-state index in [1.54, 1.807) is 17.0 Å². The first kappa shape index (κ1) is 24.2. The van der Waals surface area contributed by atoms with Gasteiger partial charge in [-0.25, -0.2) is 4.39 Å². The van der Waals surface area contributed by atoms with Crippen LogP contribution >= 0.6 is 12.4 Å². The summed E-state index contributed by atoms with van der Waals surface area (Å²) in [5.41, 5.74) is 7.54. The van der Waals surface area contributed by atoms with Crippen molar-refractivity contribution in [2.45, 2.75) is 25.7 Å². The third-order valence-electron chi connectivity index (χ3n) is 6.83. The van der Waals surface area contributed by atoms with E-state index in [-0.39, 0.29) is 24.1 Å². The molecule has 5 heteroatoms. The molecule has 176 valence electrons. The van der Waals surface area contributed by atoms with Crippen molar-refractivity contribution in [1.82, 2.24) is 4.90 Å². The Labute approximate surface area is 207 Å². The number of benzene rings is 3. The van der Waals surface area contributed by atoms with Gasteiger partial charge in [-0.1, -0.05) is 42.0 Å². The zero-order chi connectivity index (χ0) is 22.8. The smallest absolute Gasteiger partial charge is 0.258 e. The van der Waals surface area contributed by atoms with Gasteiger partial charge in [0.05, 0.1) is 0 Å². The first-order valence-electron chi connectivity index (χ1n) is 11.8. The maximum Gasteiger partial charge on any atom is 0.258 e. The fraction of sp³-hybridized carbons (Fsp3) is 0.276. The SMILES string of the molecule is CN(C(=O)c1ccc(-c2ccc(F)cc2)cc1)c1ccc2c(c1)CCC(CN1CCCC1)=C2.Cl. The van der Waals surface area contributed by atoms with E-state index >= 15 is 0 Å². The maximum atomic E-state index is 13.2. The van der Waals surface area contributed by atoms with E-state index < -0.39 is 0 Å². The molecule has 2 aliphatic rings. The Balaban J connectivity index is 0.00000274. The summed E-state index contributed by atoms with van der Waals surface area (Å²) in [6.07, 6.45) is 7.11. The molecule has 0 saturated carbocycles. The molecule has 0 unspecified atom stereocenters. The number of hydrogen-bond acceptors (Lipinski definition) is 2. The molecule has 1 aliphatic carbocycles. The monoisotopic (exact) mass is 476 g/mol. The van der Waals surface area contributed by atoms with Gasteiger partial charge in [0, 0.05) is 24.8 Å². The third-order valence-corrected chi connectivity index (χ3v) is 6.83. The van der Waals surface area contributed by atoms with Crippen molar-refractivity contribution < 1.29 is 9.18 Å². The predicted octanol–water partition coefficient (Wildman–Crippen LogP) is 6.62. The van der Waals surface area contributed by atoms with Gasteiger partial charge >= 0.3 is 0 Å². The summed E-state index contributed by atoms with van der Waals surface area (Å²) in [4.78, 5) is 17.4. The van der Waals surface area contributed by atoms with Crippen LogP contribution in [0.1, 0.15) is 40.7 Å². The molecule has 0 radical (unpaired) electrons. The molecule has 0 N–H and O–H groups in total. The molecule has 3 aromatic carbocycles. The highest BCUT2D eigenvalue weighted by Crippen LogP contribution is 2.29. The number of aryl methyl sites for hydroxylation is 1. The number of rotatable bonds is 5. The Morgan fingerprint density at radius 3 is 2.24 bits per heavy atom. The van der Waals surface area contributed by atoms with Crippen molar-refractivity contribution in [3.63, 3.8) is 0 Å². The average molecular weight is 477 g/mol. The minimum atomic E-state index is -0.254. The zero-order valence-electron chi connectivity index (χ0n) is 19.5. The fourth-order valence-electron chi connectivity index (χ4n) is 4.86. The van der Waals surface area contributed by atoms with Gasteiger partial charge in [0.2, 0.25) is 0 Å². The molecule has 1 saturated heterocycles. The van der Waals surface area contributed by atoms with Crippen LogP contribution in [0.2, 0.25) is 0 Å². The molecular formula is C29H30ClFN2O. The van der Waals surface area contributed by atoms with E-state index in [1.807, 2.05) is 37.4 Å². The topological polar surface area (TPSA) is 23.6 Å². The van der Waals surface area contributed by atoms with Gasteiger partial charge in [-0.15, -0.1) is 12.4 Å². The summed E-state index contributed by atoms with van der Waals surface area (Å²) in [5.74, 6) is -0.294. The van der Waals surface area contributed by atoms with Crippen LogP contribution in [0.5, 0.6) is 0 Å². The van der Waals surface area contributed by atoms with Crippen LogP contribution in [0.15, 0.2) is 72.3 Å². The van der Waals surface area contributed by atoms with Crippen LogP contribution < -0.4 is 4.90 Å². The van der Waals surface area contributed by atoms with Crippen LogP contribution in [0.3, 0.4) is 0 Å². The van der Waals surface area contributed by atoms with Gasteiger partial charge in [-0.05, 0) is 97.4 Å². The van der Waals surface area contributed by atoms with Crippen molar-refractivity contribution in [3.05, 3.63) is 94.8 Å². The highest BCUT2D eigenvalue weighted by atomic mass is 35.5. The Hall–Kier alpha value is -2.95. The lowest BCUT2D eigenvalue weighted by Gasteiger charge is -2.24. The van der Waals surface area contributed by atoms with Crippen molar-refractivity contribution >= 4 is 30.1 Å². The first-order chi connectivity index (χ1) is 16.1. The Morgan fingerprint density at radius 2 is 1.56 bits per heavy atom. The minimum Gasteiger partial charge on any atom is -0.311 e. The van der Waals surface area contributed by atoms with Gasteiger partial charge in [0.1, 0.15) is 5.82 Å². The Morgan fingerprint density at radius 1 is 0.912 bits per heavy atom. The number of likely N-dealkylation sites (tertiary alicyclic amines) is 1. The average Bonchev–Trinajstić information content (AvgIpc) is 3.36. The summed E-state index contributed by atoms with van der Waals surface area (Å²) in [6.45, 7) is 3.54. The molecule has 0 aromatic heterocycles. The Kier molecular flexibility index (Phi) is 7.50. The maximum absolute atomic E-state index is 13.2. The highest BCUT2D eigenvalue weighted by Gasteiger charge is 2.19. The number of carbonyl (C=O) groups excluding carboxylic acids is 1. The summed E-state index contributed by atoms with van der Waals surface area (Å²) in [6, 6.07) is 20.2. The molecule has 0 spiro atoms.